The SMILES string of the molecule is Cc1csc(CCc2nc3ccccc3n2C)n1. The first-order valence-electron chi connectivity index (χ1n) is 6.05. The van der Waals surface area contributed by atoms with Gasteiger partial charge in [0.25, 0.3) is 0 Å². The van der Waals surface area contributed by atoms with E-state index in [0.717, 1.165) is 29.9 Å². The fraction of sp³-hybridized carbons (Fsp3) is 0.286. The van der Waals surface area contributed by atoms with Gasteiger partial charge in [-0.3, -0.25) is 0 Å². The van der Waals surface area contributed by atoms with E-state index in [0.29, 0.717) is 0 Å². The van der Waals surface area contributed by atoms with Gasteiger partial charge in [0.1, 0.15) is 5.82 Å². The number of nitrogens with zero attached hydrogens (tertiary/aromatic N) is 3. The van der Waals surface area contributed by atoms with Crippen molar-refractivity contribution in [3.8, 4) is 0 Å². The second-order valence-corrected chi connectivity index (χ2v) is 5.40. The molecule has 0 atom stereocenters. The molecule has 1 aromatic carbocycles. The molecule has 0 spiro atoms. The number of fused-ring (bicyclic) bond motifs is 1. The standard InChI is InChI=1S/C14H15N3S/c1-10-9-18-14(15-10)8-7-13-16-11-5-3-4-6-12(11)17(13)2/h3-6,9H,7-8H2,1-2H3. The number of benzene rings is 1. The van der Waals surface area contributed by atoms with Crippen LogP contribution in [0.15, 0.2) is 29.6 Å². The summed E-state index contributed by atoms with van der Waals surface area (Å²) in [6.07, 6.45) is 1.91. The topological polar surface area (TPSA) is 30.7 Å². The minimum absolute atomic E-state index is 0.943. The molecule has 3 aromatic rings. The number of hydrogen-bond donors (Lipinski definition) is 0. The third-order valence-electron chi connectivity index (χ3n) is 3.11. The number of aromatic nitrogens is 3. The molecule has 92 valence electrons. The van der Waals surface area contributed by atoms with Crippen LogP contribution in [-0.2, 0) is 19.9 Å². The summed E-state index contributed by atoms with van der Waals surface area (Å²) in [7, 11) is 2.08. The first-order chi connectivity index (χ1) is 8.74. The van der Waals surface area contributed by atoms with E-state index < -0.39 is 0 Å². The van der Waals surface area contributed by atoms with Crippen molar-refractivity contribution in [1.29, 1.82) is 0 Å². The van der Waals surface area contributed by atoms with Gasteiger partial charge in [-0.25, -0.2) is 9.97 Å². The van der Waals surface area contributed by atoms with Gasteiger partial charge in [0.2, 0.25) is 0 Å². The first-order valence-corrected chi connectivity index (χ1v) is 6.93. The summed E-state index contributed by atoms with van der Waals surface area (Å²) in [5, 5.41) is 3.30. The molecule has 0 saturated carbocycles. The highest BCUT2D eigenvalue weighted by Gasteiger charge is 2.08. The molecule has 0 bridgehead atoms. The summed E-state index contributed by atoms with van der Waals surface area (Å²) < 4.78 is 2.18. The van der Waals surface area contributed by atoms with Crippen LogP contribution < -0.4 is 0 Å². The molecule has 0 N–H and O–H groups in total. The summed E-state index contributed by atoms with van der Waals surface area (Å²) in [5.41, 5.74) is 3.38. The van der Waals surface area contributed by atoms with E-state index in [1.807, 2.05) is 13.0 Å². The minimum Gasteiger partial charge on any atom is -0.331 e. The van der Waals surface area contributed by atoms with Gasteiger partial charge < -0.3 is 4.57 Å². The zero-order valence-corrected chi connectivity index (χ0v) is 11.4. The molecule has 0 saturated heterocycles. The lowest BCUT2D eigenvalue weighted by atomic mass is 10.3. The van der Waals surface area contributed by atoms with Crippen LogP contribution in [0.25, 0.3) is 11.0 Å². The van der Waals surface area contributed by atoms with Crippen LogP contribution in [0, 0.1) is 6.92 Å². The predicted molar refractivity (Wildman–Crippen MR) is 75.0 cm³/mol. The van der Waals surface area contributed by atoms with Crippen molar-refractivity contribution >= 4 is 22.4 Å². The largest absolute Gasteiger partial charge is 0.331 e. The molecular weight excluding hydrogens is 242 g/mol. The Kier molecular flexibility index (Phi) is 2.88. The van der Waals surface area contributed by atoms with Crippen LogP contribution in [0.3, 0.4) is 0 Å². The van der Waals surface area contributed by atoms with Gasteiger partial charge in [0.05, 0.1) is 16.0 Å². The van der Waals surface area contributed by atoms with Gasteiger partial charge in [-0.05, 0) is 19.1 Å². The van der Waals surface area contributed by atoms with Gasteiger partial charge in [-0.2, -0.15) is 0 Å². The Morgan fingerprint density at radius 2 is 2.00 bits per heavy atom. The number of hydrogen-bond acceptors (Lipinski definition) is 3. The van der Waals surface area contributed by atoms with Crippen LogP contribution in [0.1, 0.15) is 16.5 Å². The zero-order chi connectivity index (χ0) is 12.5. The maximum Gasteiger partial charge on any atom is 0.110 e. The van der Waals surface area contributed by atoms with Crippen LogP contribution in [-0.4, -0.2) is 14.5 Å². The number of imidazole rings is 1. The van der Waals surface area contributed by atoms with Crippen molar-refractivity contribution in [2.75, 3.05) is 0 Å². The Balaban J connectivity index is 1.84. The Morgan fingerprint density at radius 1 is 1.17 bits per heavy atom. The van der Waals surface area contributed by atoms with E-state index in [1.54, 1.807) is 11.3 Å². The highest BCUT2D eigenvalue weighted by Crippen LogP contribution is 2.17. The average Bonchev–Trinajstić information content (AvgIpc) is 2.92. The lowest BCUT2D eigenvalue weighted by Crippen LogP contribution is -2.00. The monoisotopic (exact) mass is 257 g/mol. The van der Waals surface area contributed by atoms with Crippen LogP contribution in [0.4, 0.5) is 0 Å². The lowest BCUT2D eigenvalue weighted by molar-refractivity contribution is 0.783. The zero-order valence-electron chi connectivity index (χ0n) is 10.6. The molecular formula is C14H15N3S. The van der Waals surface area contributed by atoms with Gasteiger partial charge >= 0.3 is 0 Å². The number of para-hydroxylation sites is 2. The normalized spacial score (nSPS) is 11.2. The Hall–Kier alpha value is -1.68. The second kappa shape index (κ2) is 4.53. The number of thiazole rings is 1. The summed E-state index contributed by atoms with van der Waals surface area (Å²) in [4.78, 5) is 9.16. The molecule has 3 rings (SSSR count). The van der Waals surface area contributed by atoms with E-state index in [-0.39, 0.29) is 0 Å². The van der Waals surface area contributed by atoms with Crippen molar-refractivity contribution in [2.45, 2.75) is 19.8 Å². The summed E-state index contributed by atoms with van der Waals surface area (Å²) in [5.74, 6) is 1.13. The molecule has 2 heterocycles. The maximum atomic E-state index is 4.67. The third kappa shape index (κ3) is 2.04. The molecule has 3 nitrogen and oxygen atoms in total. The summed E-state index contributed by atoms with van der Waals surface area (Å²) in [6, 6.07) is 8.26. The van der Waals surface area contributed by atoms with Gasteiger partial charge in [-0.15, -0.1) is 11.3 Å². The highest BCUT2D eigenvalue weighted by molar-refractivity contribution is 7.09. The van der Waals surface area contributed by atoms with E-state index in [9.17, 15) is 0 Å². The first kappa shape index (κ1) is 11.4. The Labute approximate surface area is 110 Å². The molecule has 0 aliphatic rings. The quantitative estimate of drug-likeness (QED) is 0.721. The summed E-state index contributed by atoms with van der Waals surface area (Å²) >= 11 is 1.73. The van der Waals surface area contributed by atoms with Gasteiger partial charge in [-0.1, -0.05) is 12.1 Å². The van der Waals surface area contributed by atoms with Crippen molar-refractivity contribution in [3.05, 3.63) is 46.2 Å². The molecule has 0 amide bonds. The molecule has 4 heteroatoms. The predicted octanol–water partition coefficient (Wildman–Crippen LogP) is 3.12. The Morgan fingerprint density at radius 3 is 2.72 bits per heavy atom. The van der Waals surface area contributed by atoms with Crippen LogP contribution in [0.2, 0.25) is 0 Å². The van der Waals surface area contributed by atoms with Gasteiger partial charge in [0, 0.05) is 31.0 Å². The van der Waals surface area contributed by atoms with Crippen molar-refractivity contribution in [2.24, 2.45) is 7.05 Å². The van der Waals surface area contributed by atoms with Gasteiger partial charge in [0.15, 0.2) is 0 Å². The maximum absolute atomic E-state index is 4.67. The minimum atomic E-state index is 0.943. The van der Waals surface area contributed by atoms with E-state index in [1.165, 1.54) is 10.5 Å². The molecule has 0 aliphatic carbocycles. The molecule has 18 heavy (non-hydrogen) atoms. The molecule has 0 aliphatic heterocycles. The third-order valence-corrected chi connectivity index (χ3v) is 4.14. The van der Waals surface area contributed by atoms with E-state index in [4.69, 9.17) is 0 Å². The molecule has 0 radical (unpaired) electrons. The fourth-order valence-electron chi connectivity index (χ4n) is 2.16. The van der Waals surface area contributed by atoms with Crippen molar-refractivity contribution in [3.63, 3.8) is 0 Å². The molecule has 2 aromatic heterocycles. The van der Waals surface area contributed by atoms with E-state index in [2.05, 4.69) is 45.2 Å². The smallest absolute Gasteiger partial charge is 0.110 e. The number of aryl methyl sites for hydroxylation is 4. The van der Waals surface area contributed by atoms with Crippen molar-refractivity contribution < 1.29 is 0 Å². The van der Waals surface area contributed by atoms with Crippen molar-refractivity contribution in [1.82, 2.24) is 14.5 Å². The van der Waals surface area contributed by atoms with E-state index >= 15 is 0 Å². The highest BCUT2D eigenvalue weighted by atomic mass is 32.1. The second-order valence-electron chi connectivity index (χ2n) is 4.46. The van der Waals surface area contributed by atoms with Crippen LogP contribution >= 0.6 is 11.3 Å². The lowest BCUT2D eigenvalue weighted by Gasteiger charge is -2.00. The van der Waals surface area contributed by atoms with Crippen LogP contribution in [0.5, 0.6) is 0 Å². The fourth-order valence-corrected chi connectivity index (χ4v) is 2.93. The number of rotatable bonds is 3. The molecule has 0 unspecified atom stereocenters. The summed E-state index contributed by atoms with van der Waals surface area (Å²) in [6.45, 7) is 2.04. The molecule has 0 fully saturated rings. The average molecular weight is 257 g/mol. The Bertz CT molecular complexity index is 681.